The van der Waals surface area contributed by atoms with Crippen molar-refractivity contribution in [3.8, 4) is 0 Å². The van der Waals surface area contributed by atoms with Gasteiger partial charge in [-0.15, -0.1) is 0 Å². The molecule has 0 aliphatic rings. The van der Waals surface area contributed by atoms with E-state index in [2.05, 4.69) is 100 Å². The molecule has 0 aromatic carbocycles. The van der Waals surface area contributed by atoms with Crippen LogP contribution in [0.15, 0.2) is 0 Å². The molecule has 0 saturated heterocycles. The first-order valence-corrected chi connectivity index (χ1v) is 12.9. The lowest BCUT2D eigenvalue weighted by Crippen LogP contribution is -2.52. The Hall–Kier alpha value is 2.50. The van der Waals surface area contributed by atoms with Crippen LogP contribution >= 0.6 is 79.6 Å². The van der Waals surface area contributed by atoms with E-state index in [4.69, 9.17) is 13.3 Å². The zero-order valence-corrected chi connectivity index (χ0v) is 21.5. The van der Waals surface area contributed by atoms with Gasteiger partial charge in [-0.1, -0.05) is 100 Å². The molecule has 0 heterocycles. The van der Waals surface area contributed by atoms with Gasteiger partial charge >= 0.3 is 8.80 Å². The molecule has 21 heavy (non-hydrogen) atoms. The summed E-state index contributed by atoms with van der Waals surface area (Å²) in [5.41, 5.74) is 0. The maximum Gasteiger partial charge on any atom is 0.503 e. The van der Waals surface area contributed by atoms with Crippen LogP contribution in [0.3, 0.4) is 0 Å². The number of halogens is 5. The van der Waals surface area contributed by atoms with E-state index in [0.29, 0.717) is 25.9 Å². The van der Waals surface area contributed by atoms with E-state index >= 15 is 0 Å². The summed E-state index contributed by atoms with van der Waals surface area (Å²) < 4.78 is 17.2. The lowest BCUT2D eigenvalue weighted by molar-refractivity contribution is 0.0590. The second-order valence-corrected chi connectivity index (χ2v) is 17.7. The Morgan fingerprint density at radius 3 is 1.29 bits per heavy atom. The summed E-state index contributed by atoms with van der Waals surface area (Å²) in [6.07, 6.45) is 2.79. The summed E-state index contributed by atoms with van der Waals surface area (Å²) in [4.78, 5) is 0. The van der Waals surface area contributed by atoms with Crippen LogP contribution in [0.25, 0.3) is 0 Å². The molecule has 0 saturated carbocycles. The highest BCUT2D eigenvalue weighted by Crippen LogP contribution is 2.56. The van der Waals surface area contributed by atoms with Crippen LogP contribution in [0.5, 0.6) is 0 Å². The number of hydrogen-bond donors (Lipinski definition) is 0. The normalized spacial score (nSPS) is 13.7. The summed E-state index contributed by atoms with van der Waals surface area (Å²) in [7, 11) is -2.79. The molecule has 0 N–H and O–H groups in total. The molecule has 0 bridgehead atoms. The zero-order chi connectivity index (χ0) is 16.6. The first-order chi connectivity index (χ1) is 9.64. The Morgan fingerprint density at radius 1 is 0.714 bits per heavy atom. The first-order valence-electron chi connectivity index (χ1n) is 7.00. The van der Waals surface area contributed by atoms with Crippen molar-refractivity contribution in [2.45, 2.75) is 51.5 Å². The predicted octanol–water partition coefficient (Wildman–Crippen LogP) is 6.53. The van der Waals surface area contributed by atoms with Gasteiger partial charge in [0.25, 0.3) is 0 Å². The molecule has 0 atom stereocenters. The van der Waals surface area contributed by atoms with Crippen molar-refractivity contribution in [3.63, 3.8) is 0 Å². The zero-order valence-electron chi connectivity index (χ0n) is 12.6. The molecule has 9 heteroatoms. The van der Waals surface area contributed by atoms with Gasteiger partial charge in [-0.2, -0.15) is 0 Å². The van der Waals surface area contributed by atoms with Gasteiger partial charge in [-0.25, -0.2) is 0 Å². The van der Waals surface area contributed by atoms with Crippen LogP contribution in [0, 0.1) is 0 Å². The third-order valence-corrected chi connectivity index (χ3v) is 13.3. The standard InChI is InChI=1S/C12H23Br5O3Si/c1-4-7-18-21(19-8-5-2,20-9-6-3)10-11(13,14)12(15,16)17/h4-10H2,1-3H3. The largest absolute Gasteiger partial charge is 0.503 e. The highest BCUT2D eigenvalue weighted by Gasteiger charge is 2.54. The number of rotatable bonds is 11. The van der Waals surface area contributed by atoms with Gasteiger partial charge in [0.05, 0.1) is 0 Å². The maximum atomic E-state index is 6.09. The van der Waals surface area contributed by atoms with Crippen LogP contribution in [0.2, 0.25) is 6.04 Å². The minimum Gasteiger partial charge on any atom is -0.373 e. The molecule has 0 aliphatic carbocycles. The summed E-state index contributed by atoms with van der Waals surface area (Å²) in [5, 5.41) is 0. The molecule has 0 aromatic heterocycles. The fourth-order valence-electron chi connectivity index (χ4n) is 1.42. The molecule has 0 unspecified atom stereocenters. The predicted molar refractivity (Wildman–Crippen MR) is 109 cm³/mol. The van der Waals surface area contributed by atoms with E-state index in [-0.39, 0.29) is 0 Å². The van der Waals surface area contributed by atoms with Crippen molar-refractivity contribution in [1.29, 1.82) is 0 Å². The highest BCUT2D eigenvalue weighted by atomic mass is 80.0. The van der Waals surface area contributed by atoms with Crippen molar-refractivity contribution in [1.82, 2.24) is 0 Å². The lowest BCUT2D eigenvalue weighted by Gasteiger charge is -2.37. The molecule has 0 radical (unpaired) electrons. The minimum atomic E-state index is -2.79. The minimum absolute atomic E-state index is 0.519. The van der Waals surface area contributed by atoms with Crippen LogP contribution in [0.4, 0.5) is 0 Å². The fraction of sp³-hybridized carbons (Fsp3) is 1.00. The average molecular weight is 643 g/mol. The van der Waals surface area contributed by atoms with Gasteiger partial charge in [-0.3, -0.25) is 0 Å². The van der Waals surface area contributed by atoms with Crippen molar-refractivity contribution in [3.05, 3.63) is 0 Å². The Bertz CT molecular complexity index is 265. The molecule has 0 fully saturated rings. The van der Waals surface area contributed by atoms with Crippen LogP contribution < -0.4 is 0 Å². The Kier molecular flexibility index (Phi) is 12.5. The smallest absolute Gasteiger partial charge is 0.373 e. The van der Waals surface area contributed by atoms with E-state index in [1.54, 1.807) is 0 Å². The van der Waals surface area contributed by atoms with E-state index in [1.165, 1.54) is 0 Å². The number of hydrogen-bond acceptors (Lipinski definition) is 3. The maximum absolute atomic E-state index is 6.09. The van der Waals surface area contributed by atoms with Crippen molar-refractivity contribution in [2.24, 2.45) is 0 Å². The lowest BCUT2D eigenvalue weighted by atomic mass is 10.5. The van der Waals surface area contributed by atoms with E-state index in [0.717, 1.165) is 19.3 Å². The summed E-state index contributed by atoms with van der Waals surface area (Å²) in [6.45, 7) is 8.15. The molecular formula is C12H23Br5O3Si. The van der Waals surface area contributed by atoms with Gasteiger partial charge in [-0.05, 0) is 19.3 Å². The van der Waals surface area contributed by atoms with E-state index in [1.807, 2.05) is 0 Å². The molecule has 0 rings (SSSR count). The molecule has 0 aliphatic heterocycles. The molecule has 3 nitrogen and oxygen atoms in total. The summed E-state index contributed by atoms with van der Waals surface area (Å²) in [6, 6.07) is 0.571. The Labute approximate surface area is 171 Å². The molecular weight excluding hydrogens is 620 g/mol. The first kappa shape index (κ1) is 23.5. The van der Waals surface area contributed by atoms with E-state index < -0.39 is 14.2 Å². The molecule has 0 amide bonds. The van der Waals surface area contributed by atoms with Crippen LogP contribution in [-0.2, 0) is 13.3 Å². The fourth-order valence-corrected chi connectivity index (χ4v) is 7.59. The third-order valence-electron chi connectivity index (χ3n) is 2.43. The molecule has 0 aromatic rings. The quantitative estimate of drug-likeness (QED) is 0.190. The van der Waals surface area contributed by atoms with Crippen LogP contribution in [0.1, 0.15) is 40.0 Å². The summed E-state index contributed by atoms with van der Waals surface area (Å²) >= 11 is 18.0. The van der Waals surface area contributed by atoms with Crippen molar-refractivity contribution < 1.29 is 13.3 Å². The van der Waals surface area contributed by atoms with Gasteiger partial charge in [0, 0.05) is 25.9 Å². The molecule has 0 spiro atoms. The topological polar surface area (TPSA) is 27.7 Å². The van der Waals surface area contributed by atoms with Gasteiger partial charge in [0.15, 0.2) is 2.14 Å². The second-order valence-electron chi connectivity index (χ2n) is 4.61. The molecule has 128 valence electrons. The monoisotopic (exact) mass is 638 g/mol. The highest BCUT2D eigenvalue weighted by molar-refractivity contribution is 9.41. The van der Waals surface area contributed by atoms with Crippen molar-refractivity contribution >= 4 is 88.5 Å². The summed E-state index contributed by atoms with van der Waals surface area (Å²) in [5.74, 6) is 0. The van der Waals surface area contributed by atoms with Gasteiger partial charge < -0.3 is 13.3 Å². The van der Waals surface area contributed by atoms with E-state index in [9.17, 15) is 0 Å². The average Bonchev–Trinajstić information content (AvgIpc) is 2.38. The van der Waals surface area contributed by atoms with Crippen molar-refractivity contribution in [2.75, 3.05) is 19.8 Å². The Morgan fingerprint density at radius 2 is 1.05 bits per heavy atom. The SMILES string of the molecule is CCCO[Si](CC(Br)(Br)C(Br)(Br)Br)(OCCC)OCCC. The second kappa shape index (κ2) is 11.2. The Balaban J connectivity index is 5.20. The van der Waals surface area contributed by atoms with Gasteiger partial charge in [0.1, 0.15) is 3.23 Å². The number of alkyl halides is 5. The third kappa shape index (κ3) is 8.95. The van der Waals surface area contributed by atoms with Gasteiger partial charge in [0.2, 0.25) is 0 Å². The van der Waals surface area contributed by atoms with Crippen LogP contribution in [-0.4, -0.2) is 34.0 Å².